The number of hydrogen-bond donors (Lipinski definition) is 4. The third-order valence-electron chi connectivity index (χ3n) is 11.2. The molecule has 0 aromatic heterocycles. The molecule has 1 fully saturated rings. The predicted molar refractivity (Wildman–Crippen MR) is 222 cm³/mol. The van der Waals surface area contributed by atoms with Crippen LogP contribution in [-0.2, 0) is 32.9 Å². The van der Waals surface area contributed by atoms with Crippen molar-refractivity contribution in [2.75, 3.05) is 13.2 Å². The Morgan fingerprint density at radius 1 is 0.750 bits per heavy atom. The summed E-state index contributed by atoms with van der Waals surface area (Å²) in [5.41, 5.74) is 0. The quantitative estimate of drug-likeness (QED) is 0.0203. The molecular formula is C44H81O11P. The van der Waals surface area contributed by atoms with E-state index in [0.29, 0.717) is 25.7 Å². The second-order valence-corrected chi connectivity index (χ2v) is 17.7. The van der Waals surface area contributed by atoms with E-state index >= 15 is 0 Å². The minimum absolute atomic E-state index is 0.00248. The summed E-state index contributed by atoms with van der Waals surface area (Å²) in [7, 11) is -4.81. The van der Waals surface area contributed by atoms with Gasteiger partial charge >= 0.3 is 19.8 Å². The molecule has 1 aliphatic carbocycles. The molecule has 1 unspecified atom stereocenters. The smallest absolute Gasteiger partial charge is 0.462 e. The van der Waals surface area contributed by atoms with E-state index in [1.165, 1.54) is 77.0 Å². The monoisotopic (exact) mass is 817 g/mol. The lowest BCUT2D eigenvalue weighted by Crippen LogP contribution is -2.29. The number of Topliss-reactive ketones (excluding diaryl/α,β-unsaturated/α-hetero) is 1. The molecule has 0 radical (unpaired) electrons. The number of aliphatic hydroxyl groups is 2. The minimum atomic E-state index is -4.81. The first-order chi connectivity index (χ1) is 26.9. The van der Waals surface area contributed by atoms with E-state index in [4.69, 9.17) is 19.3 Å². The Labute approximate surface area is 339 Å². The van der Waals surface area contributed by atoms with Crippen LogP contribution in [0, 0.1) is 17.8 Å². The van der Waals surface area contributed by atoms with Gasteiger partial charge in [0, 0.05) is 25.2 Å². The summed E-state index contributed by atoms with van der Waals surface area (Å²) in [6, 6.07) is 0. The third kappa shape index (κ3) is 28.7. The van der Waals surface area contributed by atoms with Crippen molar-refractivity contribution in [1.29, 1.82) is 0 Å². The fraction of sp³-hybridized carbons (Fsp3) is 0.886. The Morgan fingerprint density at radius 2 is 1.27 bits per heavy atom. The number of ketones is 1. The van der Waals surface area contributed by atoms with Crippen LogP contribution in [0.2, 0.25) is 0 Å². The summed E-state index contributed by atoms with van der Waals surface area (Å²) in [5.74, 6) is -0.731. The molecule has 0 bridgehead atoms. The highest BCUT2D eigenvalue weighted by Gasteiger charge is 2.39. The lowest BCUT2D eigenvalue weighted by Gasteiger charge is -2.19. The Kier molecular flexibility index (Phi) is 31.1. The van der Waals surface area contributed by atoms with Crippen LogP contribution in [0.4, 0.5) is 0 Å². The predicted octanol–water partition coefficient (Wildman–Crippen LogP) is 10.2. The first-order valence-electron chi connectivity index (χ1n) is 22.5. The molecule has 0 aromatic rings. The summed E-state index contributed by atoms with van der Waals surface area (Å²) in [5, 5.41) is 20.7. The number of carbonyl (C=O) groups excluding carboxylic acids is 3. The van der Waals surface area contributed by atoms with E-state index in [1.54, 1.807) is 12.2 Å². The van der Waals surface area contributed by atoms with E-state index in [-0.39, 0.29) is 43.5 Å². The fourth-order valence-corrected chi connectivity index (χ4v) is 7.79. The Morgan fingerprint density at radius 3 is 1.82 bits per heavy atom. The number of esters is 2. The van der Waals surface area contributed by atoms with Crippen molar-refractivity contribution < 1.29 is 52.9 Å². The molecule has 56 heavy (non-hydrogen) atoms. The van der Waals surface area contributed by atoms with Crippen LogP contribution in [0.5, 0.6) is 0 Å². The number of allylic oxidation sites excluding steroid dienone is 1. The van der Waals surface area contributed by atoms with Crippen LogP contribution in [-0.4, -0.2) is 69.2 Å². The van der Waals surface area contributed by atoms with Gasteiger partial charge in [0.2, 0.25) is 0 Å². The van der Waals surface area contributed by atoms with E-state index in [1.807, 2.05) is 0 Å². The Balaban J connectivity index is 2.21. The molecule has 1 rings (SSSR count). The van der Waals surface area contributed by atoms with Gasteiger partial charge in [-0.1, -0.05) is 168 Å². The van der Waals surface area contributed by atoms with E-state index < -0.39 is 44.7 Å². The lowest BCUT2D eigenvalue weighted by molar-refractivity contribution is -0.161. The van der Waals surface area contributed by atoms with Gasteiger partial charge in [-0.2, -0.15) is 0 Å². The van der Waals surface area contributed by atoms with Gasteiger partial charge in [0.25, 0.3) is 0 Å². The van der Waals surface area contributed by atoms with Crippen LogP contribution in [0.3, 0.4) is 0 Å². The van der Waals surface area contributed by atoms with Crippen LogP contribution in [0.15, 0.2) is 12.2 Å². The van der Waals surface area contributed by atoms with Crippen LogP contribution < -0.4 is 0 Å². The van der Waals surface area contributed by atoms with Gasteiger partial charge < -0.3 is 29.5 Å². The van der Waals surface area contributed by atoms with Crippen molar-refractivity contribution in [2.24, 2.45) is 17.8 Å². The standard InChI is InChI=1S/C44H81O11P/c1-4-6-21-27-37(45)31-32-40-39(41(46)33-42(40)47)28-23-19-20-24-29-43(48)53-34-38(35-54-56(50,51)52)55-44(49)30-25-18-16-14-12-10-8-7-9-11-13-15-17-22-26-36(3)5-2/h31-32,36-41,45-46H,4-30,33-35H2,1-3H3,(H2,50,51,52)/b32-31+/t36?,37-,38+,39+,40+,41-/m0/s1. The molecule has 328 valence electrons. The second-order valence-electron chi connectivity index (χ2n) is 16.4. The second kappa shape index (κ2) is 33.2. The number of ether oxygens (including phenoxy) is 2. The first-order valence-corrected chi connectivity index (χ1v) is 24.0. The molecule has 1 aliphatic rings. The number of phosphoric acid groups is 1. The topological polar surface area (TPSA) is 177 Å². The van der Waals surface area contributed by atoms with Crippen molar-refractivity contribution in [2.45, 2.75) is 219 Å². The normalized spacial score (nSPS) is 19.1. The molecule has 6 atom stereocenters. The molecular weight excluding hydrogens is 735 g/mol. The van der Waals surface area contributed by atoms with Crippen molar-refractivity contribution >= 4 is 25.5 Å². The number of phosphoric ester groups is 1. The molecule has 11 nitrogen and oxygen atoms in total. The van der Waals surface area contributed by atoms with Crippen molar-refractivity contribution in [3.05, 3.63) is 12.2 Å². The van der Waals surface area contributed by atoms with Crippen LogP contribution >= 0.6 is 7.82 Å². The molecule has 0 amide bonds. The average Bonchev–Trinajstić information content (AvgIpc) is 3.43. The summed E-state index contributed by atoms with van der Waals surface area (Å²) in [4.78, 5) is 55.6. The van der Waals surface area contributed by atoms with Crippen molar-refractivity contribution in [3.63, 3.8) is 0 Å². The van der Waals surface area contributed by atoms with Gasteiger partial charge in [0.15, 0.2) is 6.10 Å². The summed E-state index contributed by atoms with van der Waals surface area (Å²) < 4.78 is 26.4. The highest BCUT2D eigenvalue weighted by molar-refractivity contribution is 7.46. The number of carbonyl (C=O) groups is 3. The molecule has 12 heteroatoms. The largest absolute Gasteiger partial charge is 0.469 e. The zero-order chi connectivity index (χ0) is 41.4. The maximum atomic E-state index is 12.5. The summed E-state index contributed by atoms with van der Waals surface area (Å²) in [6.07, 6.45) is 28.3. The van der Waals surface area contributed by atoms with Crippen LogP contribution in [0.1, 0.15) is 201 Å². The highest BCUT2D eigenvalue weighted by atomic mass is 31.2. The number of aliphatic hydroxyl groups excluding tert-OH is 2. The third-order valence-corrected chi connectivity index (χ3v) is 11.7. The van der Waals surface area contributed by atoms with Crippen molar-refractivity contribution in [1.82, 2.24) is 0 Å². The Hall–Kier alpha value is -1.62. The molecule has 0 spiro atoms. The maximum absolute atomic E-state index is 12.5. The van der Waals surface area contributed by atoms with E-state index in [2.05, 4.69) is 25.3 Å². The Bertz CT molecular complexity index is 1090. The van der Waals surface area contributed by atoms with E-state index in [0.717, 1.165) is 63.7 Å². The molecule has 1 saturated carbocycles. The van der Waals surface area contributed by atoms with Gasteiger partial charge in [-0.15, -0.1) is 0 Å². The molecule has 0 aliphatic heterocycles. The molecule has 0 heterocycles. The number of unbranched alkanes of at least 4 members (excludes halogenated alkanes) is 18. The fourth-order valence-electron chi connectivity index (χ4n) is 7.43. The van der Waals surface area contributed by atoms with Gasteiger partial charge in [-0.05, 0) is 37.5 Å². The SMILES string of the molecule is CCCCC[C@H](O)/C=C/[C@H]1C(=O)C[C@H](O)[C@@H]1CCCCCCC(=O)OC[C@H](COP(=O)(O)O)OC(=O)CCCCCCCCCCCCCCCCC(C)CC. The molecule has 0 saturated heterocycles. The average molecular weight is 817 g/mol. The first kappa shape index (κ1) is 52.4. The number of rotatable bonds is 37. The van der Waals surface area contributed by atoms with Gasteiger partial charge in [-0.25, -0.2) is 4.57 Å². The minimum Gasteiger partial charge on any atom is -0.462 e. The van der Waals surface area contributed by atoms with Crippen LogP contribution in [0.25, 0.3) is 0 Å². The summed E-state index contributed by atoms with van der Waals surface area (Å²) >= 11 is 0. The zero-order valence-corrected chi connectivity index (χ0v) is 36.3. The molecule has 0 aromatic carbocycles. The van der Waals surface area contributed by atoms with Gasteiger partial charge in [0.1, 0.15) is 12.4 Å². The lowest BCUT2D eigenvalue weighted by atomic mass is 9.88. The van der Waals surface area contributed by atoms with Gasteiger partial charge in [-0.3, -0.25) is 18.9 Å². The maximum Gasteiger partial charge on any atom is 0.469 e. The van der Waals surface area contributed by atoms with E-state index in [9.17, 15) is 29.2 Å². The molecule has 4 N–H and O–H groups in total. The zero-order valence-electron chi connectivity index (χ0n) is 35.4. The highest BCUT2D eigenvalue weighted by Crippen LogP contribution is 2.36. The van der Waals surface area contributed by atoms with Gasteiger partial charge in [0.05, 0.1) is 18.8 Å². The van der Waals surface area contributed by atoms with Crippen molar-refractivity contribution in [3.8, 4) is 0 Å². The number of hydrogen-bond acceptors (Lipinski definition) is 9. The summed E-state index contributed by atoms with van der Waals surface area (Å²) in [6.45, 7) is 5.77.